The van der Waals surface area contributed by atoms with Crippen molar-refractivity contribution in [2.75, 3.05) is 13.7 Å². The molecule has 0 aliphatic carbocycles. The molecular formula is C16H16Cl3NO. The Balaban J connectivity index is 2.45. The molecule has 1 N–H and O–H groups in total. The van der Waals surface area contributed by atoms with Crippen LogP contribution in [0.25, 0.3) is 0 Å². The molecule has 2 aromatic carbocycles. The zero-order valence-corrected chi connectivity index (χ0v) is 14.1. The van der Waals surface area contributed by atoms with Gasteiger partial charge in [0.2, 0.25) is 0 Å². The van der Waals surface area contributed by atoms with Crippen LogP contribution in [0.1, 0.15) is 24.1 Å². The normalized spacial score (nSPS) is 12.2. The lowest BCUT2D eigenvalue weighted by Crippen LogP contribution is -2.22. The summed E-state index contributed by atoms with van der Waals surface area (Å²) in [5.74, 6) is 0.653. The Morgan fingerprint density at radius 2 is 1.67 bits per heavy atom. The Labute approximate surface area is 140 Å². The van der Waals surface area contributed by atoms with E-state index in [1.54, 1.807) is 13.2 Å². The third kappa shape index (κ3) is 4.04. The van der Waals surface area contributed by atoms with Crippen LogP contribution >= 0.6 is 34.8 Å². The first kappa shape index (κ1) is 16.4. The minimum absolute atomic E-state index is 0.0328. The van der Waals surface area contributed by atoms with Crippen molar-refractivity contribution < 1.29 is 4.74 Å². The molecule has 112 valence electrons. The van der Waals surface area contributed by atoms with Gasteiger partial charge in [0.15, 0.2) is 0 Å². The van der Waals surface area contributed by atoms with Gasteiger partial charge in [-0.2, -0.15) is 0 Å². The van der Waals surface area contributed by atoms with Gasteiger partial charge >= 0.3 is 0 Å². The molecular weight excluding hydrogens is 329 g/mol. The molecule has 0 spiro atoms. The van der Waals surface area contributed by atoms with E-state index in [9.17, 15) is 0 Å². The molecule has 1 atom stereocenters. The van der Waals surface area contributed by atoms with E-state index in [0.717, 1.165) is 17.7 Å². The van der Waals surface area contributed by atoms with Gasteiger partial charge in [-0.05, 0) is 48.0 Å². The van der Waals surface area contributed by atoms with Crippen LogP contribution in [0.4, 0.5) is 0 Å². The van der Waals surface area contributed by atoms with Crippen LogP contribution in [0, 0.1) is 0 Å². The number of halogens is 3. The molecule has 5 heteroatoms. The van der Waals surface area contributed by atoms with Crippen molar-refractivity contribution >= 4 is 34.8 Å². The summed E-state index contributed by atoms with van der Waals surface area (Å²) in [6.07, 6.45) is 0. The zero-order chi connectivity index (χ0) is 15.4. The van der Waals surface area contributed by atoms with Crippen LogP contribution in [0.3, 0.4) is 0 Å². The van der Waals surface area contributed by atoms with Crippen LogP contribution in [-0.4, -0.2) is 13.7 Å². The minimum Gasteiger partial charge on any atom is -0.495 e. The number of rotatable bonds is 5. The van der Waals surface area contributed by atoms with E-state index in [4.69, 9.17) is 39.5 Å². The van der Waals surface area contributed by atoms with Crippen molar-refractivity contribution in [1.29, 1.82) is 0 Å². The summed E-state index contributed by atoms with van der Waals surface area (Å²) in [7, 11) is 1.60. The maximum Gasteiger partial charge on any atom is 0.137 e. The van der Waals surface area contributed by atoms with Gasteiger partial charge in [0.25, 0.3) is 0 Å². The fourth-order valence-corrected chi connectivity index (χ4v) is 3.05. The number of nitrogens with one attached hydrogen (secondary N) is 1. The molecule has 21 heavy (non-hydrogen) atoms. The summed E-state index contributed by atoms with van der Waals surface area (Å²) in [5, 5.41) is 5.21. The van der Waals surface area contributed by atoms with Crippen molar-refractivity contribution in [3.05, 3.63) is 62.6 Å². The van der Waals surface area contributed by atoms with Crippen molar-refractivity contribution in [2.45, 2.75) is 13.0 Å². The van der Waals surface area contributed by atoms with Gasteiger partial charge in [-0.3, -0.25) is 0 Å². The van der Waals surface area contributed by atoms with Crippen LogP contribution in [0.15, 0.2) is 36.4 Å². The number of methoxy groups -OCH3 is 1. The average Bonchev–Trinajstić information content (AvgIpc) is 2.43. The topological polar surface area (TPSA) is 21.3 Å². The predicted molar refractivity (Wildman–Crippen MR) is 90.0 cm³/mol. The van der Waals surface area contributed by atoms with Crippen LogP contribution < -0.4 is 10.1 Å². The second-order valence-electron chi connectivity index (χ2n) is 4.59. The molecule has 2 rings (SSSR count). The fraction of sp³-hybridized carbons (Fsp3) is 0.250. The Hall–Kier alpha value is -0.930. The minimum atomic E-state index is -0.0328. The van der Waals surface area contributed by atoms with E-state index in [2.05, 4.69) is 5.32 Å². The molecule has 0 radical (unpaired) electrons. The van der Waals surface area contributed by atoms with Crippen LogP contribution in [-0.2, 0) is 0 Å². The SMILES string of the molecule is CCNC(c1cc(Cl)cc(Cl)c1)c1ccc(OC)c(Cl)c1. The van der Waals surface area contributed by atoms with Crippen LogP contribution in [0.5, 0.6) is 5.75 Å². The van der Waals surface area contributed by atoms with Gasteiger partial charge in [0.05, 0.1) is 18.2 Å². The van der Waals surface area contributed by atoms with Gasteiger partial charge in [-0.1, -0.05) is 47.8 Å². The first-order chi connectivity index (χ1) is 10.0. The molecule has 0 saturated heterocycles. The van der Waals surface area contributed by atoms with E-state index in [-0.39, 0.29) is 6.04 Å². The highest BCUT2D eigenvalue weighted by Gasteiger charge is 2.16. The molecule has 0 heterocycles. The fourth-order valence-electron chi connectivity index (χ4n) is 2.24. The van der Waals surface area contributed by atoms with Gasteiger partial charge in [-0.15, -0.1) is 0 Å². The van der Waals surface area contributed by atoms with E-state index >= 15 is 0 Å². The standard InChI is InChI=1S/C16H16Cl3NO/c1-3-20-16(11-6-12(17)9-13(18)7-11)10-4-5-15(21-2)14(19)8-10/h4-9,16,20H,3H2,1-2H3. The second kappa shape index (κ2) is 7.37. The number of hydrogen-bond donors (Lipinski definition) is 1. The van der Waals surface area contributed by atoms with Crippen molar-refractivity contribution in [1.82, 2.24) is 5.32 Å². The highest BCUT2D eigenvalue weighted by Crippen LogP contribution is 2.32. The van der Waals surface area contributed by atoms with E-state index in [1.807, 2.05) is 37.3 Å². The largest absolute Gasteiger partial charge is 0.495 e. The summed E-state index contributed by atoms with van der Waals surface area (Å²) in [5.41, 5.74) is 2.02. The summed E-state index contributed by atoms with van der Waals surface area (Å²) >= 11 is 18.4. The van der Waals surface area contributed by atoms with Crippen molar-refractivity contribution in [3.8, 4) is 5.75 Å². The Morgan fingerprint density at radius 1 is 1.00 bits per heavy atom. The van der Waals surface area contributed by atoms with E-state index in [0.29, 0.717) is 20.8 Å². The third-order valence-electron chi connectivity index (χ3n) is 3.14. The van der Waals surface area contributed by atoms with E-state index in [1.165, 1.54) is 0 Å². The Bertz CT molecular complexity index is 611. The summed E-state index contributed by atoms with van der Waals surface area (Å²) in [6.45, 7) is 2.85. The number of ether oxygens (including phenoxy) is 1. The molecule has 1 unspecified atom stereocenters. The highest BCUT2D eigenvalue weighted by atomic mass is 35.5. The smallest absolute Gasteiger partial charge is 0.137 e. The lowest BCUT2D eigenvalue weighted by atomic mass is 9.98. The molecule has 2 aromatic rings. The monoisotopic (exact) mass is 343 g/mol. The second-order valence-corrected chi connectivity index (χ2v) is 5.87. The Morgan fingerprint density at radius 3 is 2.19 bits per heavy atom. The first-order valence-electron chi connectivity index (χ1n) is 6.58. The molecule has 0 bridgehead atoms. The number of hydrogen-bond acceptors (Lipinski definition) is 2. The molecule has 0 amide bonds. The summed E-state index contributed by atoms with van der Waals surface area (Å²) in [4.78, 5) is 0. The lowest BCUT2D eigenvalue weighted by molar-refractivity contribution is 0.414. The van der Waals surface area contributed by atoms with Gasteiger partial charge in [0.1, 0.15) is 5.75 Å². The quantitative estimate of drug-likeness (QED) is 0.789. The molecule has 2 nitrogen and oxygen atoms in total. The summed E-state index contributed by atoms with van der Waals surface area (Å²) < 4.78 is 5.19. The summed E-state index contributed by atoms with van der Waals surface area (Å²) in [6, 6.07) is 11.2. The Kier molecular flexibility index (Phi) is 5.77. The van der Waals surface area contributed by atoms with Crippen molar-refractivity contribution in [2.24, 2.45) is 0 Å². The van der Waals surface area contributed by atoms with Gasteiger partial charge in [0, 0.05) is 10.0 Å². The zero-order valence-electron chi connectivity index (χ0n) is 11.8. The lowest BCUT2D eigenvalue weighted by Gasteiger charge is -2.20. The first-order valence-corrected chi connectivity index (χ1v) is 7.71. The van der Waals surface area contributed by atoms with Gasteiger partial charge in [-0.25, -0.2) is 0 Å². The molecule has 0 saturated carbocycles. The average molecular weight is 345 g/mol. The van der Waals surface area contributed by atoms with Crippen LogP contribution in [0.2, 0.25) is 15.1 Å². The highest BCUT2D eigenvalue weighted by molar-refractivity contribution is 6.34. The van der Waals surface area contributed by atoms with E-state index < -0.39 is 0 Å². The maximum absolute atomic E-state index is 6.22. The van der Waals surface area contributed by atoms with Gasteiger partial charge < -0.3 is 10.1 Å². The molecule has 0 aromatic heterocycles. The molecule has 0 aliphatic heterocycles. The maximum atomic E-state index is 6.22. The van der Waals surface area contributed by atoms with Crippen molar-refractivity contribution in [3.63, 3.8) is 0 Å². The number of benzene rings is 2. The third-order valence-corrected chi connectivity index (χ3v) is 3.87. The molecule has 0 aliphatic rings. The molecule has 0 fully saturated rings. The predicted octanol–water partition coefficient (Wildman–Crippen LogP) is 5.35.